The molecule has 2 aliphatic rings. The number of benzene rings is 2. The van der Waals surface area contributed by atoms with Crippen molar-refractivity contribution in [2.45, 2.75) is 98.9 Å². The first-order valence-corrected chi connectivity index (χ1v) is 16.0. The van der Waals surface area contributed by atoms with Gasteiger partial charge in [0.05, 0.1) is 17.6 Å². The second-order valence-corrected chi connectivity index (χ2v) is 14.1. The Bertz CT molecular complexity index is 1450. The number of halogens is 8. The van der Waals surface area contributed by atoms with E-state index in [1.165, 1.54) is 17.0 Å². The molecule has 244 valence electrons. The van der Waals surface area contributed by atoms with Crippen LogP contribution in [0.2, 0.25) is 0 Å². The van der Waals surface area contributed by atoms with E-state index in [1.54, 1.807) is 12.1 Å². The average molecular weight is 654 g/mol. The summed E-state index contributed by atoms with van der Waals surface area (Å²) in [4.78, 5) is 14.9. The zero-order valence-electron chi connectivity index (χ0n) is 24.5. The van der Waals surface area contributed by atoms with Crippen molar-refractivity contribution in [1.29, 1.82) is 0 Å². The molecule has 1 aliphatic heterocycles. The lowest BCUT2D eigenvalue weighted by Crippen LogP contribution is -2.53. The molecule has 2 aromatic rings. The lowest BCUT2D eigenvalue weighted by molar-refractivity contribution is -0.348. The Kier molecular flexibility index (Phi) is 9.25. The Morgan fingerprint density at radius 1 is 0.977 bits per heavy atom. The Morgan fingerprint density at radius 2 is 1.59 bits per heavy atom. The molecule has 0 bridgehead atoms. The van der Waals surface area contributed by atoms with Gasteiger partial charge < -0.3 is 4.90 Å². The Labute approximate surface area is 251 Å². The van der Waals surface area contributed by atoms with Gasteiger partial charge in [-0.2, -0.15) is 26.3 Å². The Balaban J connectivity index is 1.93. The van der Waals surface area contributed by atoms with Gasteiger partial charge in [0, 0.05) is 18.0 Å². The van der Waals surface area contributed by atoms with E-state index < -0.39 is 62.7 Å². The molecule has 0 saturated carbocycles. The number of likely N-dealkylation sites (tertiary alicyclic amines) is 1. The van der Waals surface area contributed by atoms with Gasteiger partial charge in [-0.25, -0.2) is 12.8 Å². The number of hydrogen-bond donors (Lipinski definition) is 0. The number of fused-ring (bicyclic) bond motifs is 3. The summed E-state index contributed by atoms with van der Waals surface area (Å²) in [7, 11) is -4.44. The molecular formula is C31H35F8NO3S. The summed E-state index contributed by atoms with van der Waals surface area (Å²) in [6, 6.07) is 6.64. The maximum atomic E-state index is 15.0. The molecule has 3 atom stereocenters. The number of hydrogen-bond acceptors (Lipinski definition) is 3. The van der Waals surface area contributed by atoms with Gasteiger partial charge in [-0.05, 0) is 66.8 Å². The van der Waals surface area contributed by atoms with E-state index in [0.717, 1.165) is 11.6 Å². The summed E-state index contributed by atoms with van der Waals surface area (Å²) in [5, 5.41) is 0. The standard InChI is InChI=1S/C31H35F8NO3S/c1-4-5-21(14-16-32)27(41)40-17-15-28(44(42,43)24-10-6-20(7-11-24)19(2)3)25-12-9-23(18-22(25)8-13-26(28)40)29(33,30(34,35)36)31(37,38)39/h6-7,9-12,18-19,21,26H,4-5,8,13-17H2,1-3H3. The highest BCUT2D eigenvalue weighted by Crippen LogP contribution is 2.57. The number of nitrogens with zero attached hydrogens (tertiary/aromatic N) is 1. The summed E-state index contributed by atoms with van der Waals surface area (Å²) >= 11 is 0. The summed E-state index contributed by atoms with van der Waals surface area (Å²) in [5.74, 6) is -1.10. The number of amides is 1. The average Bonchev–Trinajstić information content (AvgIpc) is 3.36. The first kappa shape index (κ1) is 34.2. The van der Waals surface area contributed by atoms with Crippen LogP contribution in [-0.4, -0.2) is 50.8 Å². The van der Waals surface area contributed by atoms with Gasteiger partial charge in [-0.1, -0.05) is 57.5 Å². The number of rotatable bonds is 9. The van der Waals surface area contributed by atoms with Gasteiger partial charge in [0.1, 0.15) is 4.75 Å². The molecule has 1 heterocycles. The molecule has 0 spiro atoms. The van der Waals surface area contributed by atoms with Crippen molar-refractivity contribution in [2.24, 2.45) is 5.92 Å². The van der Waals surface area contributed by atoms with Crippen LogP contribution >= 0.6 is 0 Å². The summed E-state index contributed by atoms with van der Waals surface area (Å²) < 4.78 is 137. The molecule has 1 amide bonds. The molecule has 4 rings (SSSR count). The first-order chi connectivity index (χ1) is 20.4. The molecule has 0 aromatic heterocycles. The van der Waals surface area contributed by atoms with Crippen LogP contribution in [-0.2, 0) is 31.5 Å². The van der Waals surface area contributed by atoms with Crippen LogP contribution in [0.5, 0.6) is 0 Å². The van der Waals surface area contributed by atoms with E-state index in [0.29, 0.717) is 25.0 Å². The van der Waals surface area contributed by atoms with Crippen LogP contribution in [0.15, 0.2) is 47.4 Å². The number of carbonyl (C=O) groups excluding carboxylic acids is 1. The first-order valence-electron chi connectivity index (χ1n) is 14.6. The maximum Gasteiger partial charge on any atom is 0.435 e. The fourth-order valence-electron chi connectivity index (χ4n) is 6.84. The molecule has 1 saturated heterocycles. The molecule has 44 heavy (non-hydrogen) atoms. The topological polar surface area (TPSA) is 54.5 Å². The second-order valence-electron chi connectivity index (χ2n) is 11.9. The van der Waals surface area contributed by atoms with E-state index in [9.17, 15) is 43.9 Å². The minimum Gasteiger partial charge on any atom is -0.337 e. The fourth-order valence-corrected chi connectivity index (χ4v) is 9.21. The zero-order valence-corrected chi connectivity index (χ0v) is 25.4. The molecule has 3 unspecified atom stereocenters. The van der Waals surface area contributed by atoms with Crippen molar-refractivity contribution in [3.8, 4) is 0 Å². The lowest BCUT2D eigenvalue weighted by Gasteiger charge is -2.43. The van der Waals surface area contributed by atoms with Gasteiger partial charge in [-0.15, -0.1) is 0 Å². The number of aryl methyl sites for hydroxylation is 1. The highest BCUT2D eigenvalue weighted by molar-refractivity contribution is 7.92. The number of alkyl halides is 8. The minimum absolute atomic E-state index is 0.0648. The van der Waals surface area contributed by atoms with Gasteiger partial charge in [0.25, 0.3) is 0 Å². The Hall–Kier alpha value is -2.70. The highest BCUT2D eigenvalue weighted by Gasteiger charge is 2.74. The molecule has 0 radical (unpaired) electrons. The largest absolute Gasteiger partial charge is 0.435 e. The normalized spacial score (nSPS) is 21.7. The van der Waals surface area contributed by atoms with Crippen LogP contribution in [0.25, 0.3) is 0 Å². The highest BCUT2D eigenvalue weighted by atomic mass is 32.2. The summed E-state index contributed by atoms with van der Waals surface area (Å²) in [6.07, 6.45) is -12.3. The van der Waals surface area contributed by atoms with Crippen LogP contribution in [0.1, 0.15) is 81.0 Å². The van der Waals surface area contributed by atoms with Gasteiger partial charge >= 0.3 is 18.0 Å². The van der Waals surface area contributed by atoms with Crippen molar-refractivity contribution in [3.05, 3.63) is 64.7 Å². The predicted molar refractivity (Wildman–Crippen MR) is 148 cm³/mol. The third-order valence-electron chi connectivity index (χ3n) is 9.13. The molecular weight excluding hydrogens is 618 g/mol. The van der Waals surface area contributed by atoms with Crippen molar-refractivity contribution in [3.63, 3.8) is 0 Å². The third-order valence-corrected chi connectivity index (χ3v) is 11.7. The molecule has 2 aromatic carbocycles. The van der Waals surface area contributed by atoms with E-state index in [1.807, 2.05) is 20.8 Å². The summed E-state index contributed by atoms with van der Waals surface area (Å²) in [6.45, 7) is 4.79. The summed E-state index contributed by atoms with van der Waals surface area (Å²) in [5.41, 5.74) is -6.77. The predicted octanol–water partition coefficient (Wildman–Crippen LogP) is 8.09. The SMILES string of the molecule is CCCC(CCF)C(=O)N1CCC2(S(=O)(=O)c3ccc(C(C)C)cc3)c3ccc(C(F)(C(F)(F)F)C(F)(F)F)cc3CCC12. The van der Waals surface area contributed by atoms with E-state index in [-0.39, 0.29) is 54.2 Å². The van der Waals surface area contributed by atoms with E-state index in [2.05, 4.69) is 0 Å². The van der Waals surface area contributed by atoms with Crippen LogP contribution in [0.3, 0.4) is 0 Å². The zero-order chi connectivity index (χ0) is 32.9. The van der Waals surface area contributed by atoms with Gasteiger partial charge in [-0.3, -0.25) is 9.18 Å². The lowest BCUT2D eigenvalue weighted by atomic mass is 9.76. The molecule has 0 N–H and O–H groups in total. The van der Waals surface area contributed by atoms with Crippen molar-refractivity contribution < 1.29 is 48.3 Å². The number of carbonyl (C=O) groups is 1. The second kappa shape index (κ2) is 11.9. The van der Waals surface area contributed by atoms with Crippen LogP contribution in [0.4, 0.5) is 35.1 Å². The van der Waals surface area contributed by atoms with Crippen LogP contribution < -0.4 is 0 Å². The van der Waals surface area contributed by atoms with Crippen molar-refractivity contribution in [1.82, 2.24) is 4.90 Å². The molecule has 4 nitrogen and oxygen atoms in total. The third kappa shape index (κ3) is 5.30. The Morgan fingerprint density at radius 3 is 2.11 bits per heavy atom. The van der Waals surface area contributed by atoms with Crippen LogP contribution in [0, 0.1) is 5.92 Å². The maximum absolute atomic E-state index is 15.0. The molecule has 1 fully saturated rings. The van der Waals surface area contributed by atoms with Gasteiger partial charge in [0.2, 0.25) is 5.91 Å². The van der Waals surface area contributed by atoms with Gasteiger partial charge in [0.15, 0.2) is 9.84 Å². The van der Waals surface area contributed by atoms with Crippen molar-refractivity contribution >= 4 is 15.7 Å². The molecule has 1 aliphatic carbocycles. The smallest absolute Gasteiger partial charge is 0.337 e. The minimum atomic E-state index is -6.33. The fraction of sp³-hybridized carbons (Fsp3) is 0.581. The number of sulfone groups is 1. The monoisotopic (exact) mass is 653 g/mol. The quantitative estimate of drug-likeness (QED) is 0.257. The van der Waals surface area contributed by atoms with Crippen molar-refractivity contribution in [2.75, 3.05) is 13.2 Å². The van der Waals surface area contributed by atoms with E-state index in [4.69, 9.17) is 0 Å². The molecule has 13 heteroatoms. The van der Waals surface area contributed by atoms with E-state index >= 15 is 4.39 Å².